The number of amides is 1. The molecule has 6 heteroatoms. The highest BCUT2D eigenvalue weighted by molar-refractivity contribution is 8.00. The first-order chi connectivity index (χ1) is 8.16. The molecule has 0 aromatic carbocycles. The topological polar surface area (TPSA) is 57.6 Å². The van der Waals surface area contributed by atoms with E-state index in [-0.39, 0.29) is 17.4 Å². The van der Waals surface area contributed by atoms with Crippen LogP contribution in [0, 0.1) is 0 Å². The van der Waals surface area contributed by atoms with Gasteiger partial charge in [-0.15, -0.1) is 23.1 Å². The van der Waals surface area contributed by atoms with Crippen molar-refractivity contribution in [2.45, 2.75) is 13.0 Å². The van der Waals surface area contributed by atoms with Crippen LogP contribution in [-0.2, 0) is 22.6 Å². The number of hydrogen-bond donors (Lipinski definition) is 1. The molecule has 1 aromatic rings. The second kappa shape index (κ2) is 5.55. The largest absolute Gasteiger partial charge is 0.481 e. The summed E-state index contributed by atoms with van der Waals surface area (Å²) in [5, 5.41) is 10.5. The molecule has 0 unspecified atom stereocenters. The van der Waals surface area contributed by atoms with Gasteiger partial charge in [0.15, 0.2) is 0 Å². The van der Waals surface area contributed by atoms with Crippen molar-refractivity contribution in [2.24, 2.45) is 0 Å². The molecule has 0 saturated heterocycles. The highest BCUT2D eigenvalue weighted by Gasteiger charge is 2.21. The van der Waals surface area contributed by atoms with Crippen molar-refractivity contribution in [1.29, 1.82) is 0 Å². The summed E-state index contributed by atoms with van der Waals surface area (Å²) in [6.07, 6.45) is 0.911. The molecule has 0 radical (unpaired) electrons. The number of hydrogen-bond acceptors (Lipinski definition) is 4. The van der Waals surface area contributed by atoms with Crippen LogP contribution in [0.4, 0.5) is 0 Å². The summed E-state index contributed by atoms with van der Waals surface area (Å²) in [6.45, 7) is 1.43. The molecule has 1 aromatic heterocycles. The Balaban J connectivity index is 1.84. The summed E-state index contributed by atoms with van der Waals surface area (Å²) in [5.74, 6) is -0.589. The Morgan fingerprint density at radius 1 is 1.47 bits per heavy atom. The smallest absolute Gasteiger partial charge is 0.313 e. The molecular formula is C11H13NO3S2. The summed E-state index contributed by atoms with van der Waals surface area (Å²) < 4.78 is 0. The molecule has 0 fully saturated rings. The monoisotopic (exact) mass is 271 g/mol. The van der Waals surface area contributed by atoms with Crippen molar-refractivity contribution < 1.29 is 14.7 Å². The van der Waals surface area contributed by atoms with Gasteiger partial charge in [0.25, 0.3) is 0 Å². The standard InChI is InChI=1S/C11H13NO3S2/c13-10(6-16-7-11(14)15)12-3-1-8-2-4-17-9(8)5-12/h2,4H,1,3,5-7H2,(H,14,15). The molecular weight excluding hydrogens is 258 g/mol. The maximum atomic E-state index is 11.8. The molecule has 0 spiro atoms. The van der Waals surface area contributed by atoms with Gasteiger partial charge in [0, 0.05) is 11.4 Å². The van der Waals surface area contributed by atoms with Crippen LogP contribution in [-0.4, -0.2) is 39.9 Å². The van der Waals surface area contributed by atoms with Gasteiger partial charge >= 0.3 is 5.97 Å². The highest BCUT2D eigenvalue weighted by Crippen LogP contribution is 2.24. The van der Waals surface area contributed by atoms with Gasteiger partial charge in [0.1, 0.15) is 0 Å². The van der Waals surface area contributed by atoms with E-state index < -0.39 is 5.97 Å². The fourth-order valence-electron chi connectivity index (χ4n) is 1.77. The Morgan fingerprint density at radius 2 is 2.29 bits per heavy atom. The van der Waals surface area contributed by atoms with Crippen LogP contribution >= 0.6 is 23.1 Å². The van der Waals surface area contributed by atoms with Crippen molar-refractivity contribution in [1.82, 2.24) is 4.90 Å². The Morgan fingerprint density at radius 3 is 3.06 bits per heavy atom. The third-order valence-electron chi connectivity index (χ3n) is 2.63. The third kappa shape index (κ3) is 3.23. The van der Waals surface area contributed by atoms with E-state index in [1.54, 1.807) is 11.3 Å². The molecule has 1 aliphatic rings. The number of thiophene rings is 1. The van der Waals surface area contributed by atoms with Crippen molar-refractivity contribution in [3.8, 4) is 0 Å². The maximum absolute atomic E-state index is 11.8. The number of thioether (sulfide) groups is 1. The van der Waals surface area contributed by atoms with E-state index in [0.717, 1.165) is 24.7 Å². The van der Waals surface area contributed by atoms with Gasteiger partial charge in [-0.3, -0.25) is 9.59 Å². The molecule has 17 heavy (non-hydrogen) atoms. The van der Waals surface area contributed by atoms with Crippen LogP contribution in [0.3, 0.4) is 0 Å². The quantitative estimate of drug-likeness (QED) is 0.900. The molecule has 1 aliphatic heterocycles. The van der Waals surface area contributed by atoms with Crippen LogP contribution in [0.5, 0.6) is 0 Å². The van der Waals surface area contributed by atoms with Gasteiger partial charge < -0.3 is 10.0 Å². The van der Waals surface area contributed by atoms with Crippen molar-refractivity contribution in [2.75, 3.05) is 18.1 Å². The lowest BCUT2D eigenvalue weighted by Gasteiger charge is -2.26. The van der Waals surface area contributed by atoms with Crippen LogP contribution in [0.25, 0.3) is 0 Å². The van der Waals surface area contributed by atoms with Crippen LogP contribution in [0.2, 0.25) is 0 Å². The zero-order valence-corrected chi connectivity index (χ0v) is 10.9. The first kappa shape index (κ1) is 12.4. The van der Waals surface area contributed by atoms with E-state index in [4.69, 9.17) is 5.11 Å². The van der Waals surface area contributed by atoms with Gasteiger partial charge in [-0.1, -0.05) is 0 Å². The minimum absolute atomic E-state index is 0.0101. The predicted molar refractivity (Wildman–Crippen MR) is 68.4 cm³/mol. The average molecular weight is 271 g/mol. The van der Waals surface area contributed by atoms with E-state index >= 15 is 0 Å². The van der Waals surface area contributed by atoms with Crippen LogP contribution in [0.15, 0.2) is 11.4 Å². The van der Waals surface area contributed by atoms with Crippen molar-refractivity contribution in [3.05, 3.63) is 21.9 Å². The van der Waals surface area contributed by atoms with Gasteiger partial charge in [0.05, 0.1) is 18.1 Å². The number of nitrogens with zero attached hydrogens (tertiary/aromatic N) is 1. The van der Waals surface area contributed by atoms with Crippen LogP contribution in [0.1, 0.15) is 10.4 Å². The second-order valence-corrected chi connectivity index (χ2v) is 5.81. The zero-order chi connectivity index (χ0) is 12.3. The lowest BCUT2D eigenvalue weighted by molar-refractivity contribution is -0.133. The molecule has 2 heterocycles. The molecule has 0 aliphatic carbocycles. The van der Waals surface area contributed by atoms with E-state index in [1.807, 2.05) is 4.90 Å². The number of carboxylic acids is 1. The summed E-state index contributed by atoms with van der Waals surface area (Å²) in [5.41, 5.74) is 1.34. The lowest BCUT2D eigenvalue weighted by atomic mass is 10.1. The first-order valence-corrected chi connectivity index (χ1v) is 7.33. The van der Waals surface area contributed by atoms with Gasteiger partial charge in [0.2, 0.25) is 5.91 Å². The van der Waals surface area contributed by atoms with Gasteiger partial charge in [-0.25, -0.2) is 0 Å². The minimum Gasteiger partial charge on any atom is -0.481 e. The molecule has 1 amide bonds. The average Bonchev–Trinajstić information content (AvgIpc) is 2.75. The molecule has 2 rings (SSSR count). The number of aliphatic carboxylic acids is 1. The number of carbonyl (C=O) groups excluding carboxylic acids is 1. The Bertz CT molecular complexity index is 430. The third-order valence-corrected chi connectivity index (χ3v) is 4.48. The fraction of sp³-hybridized carbons (Fsp3) is 0.455. The molecule has 4 nitrogen and oxygen atoms in total. The van der Waals surface area contributed by atoms with E-state index in [0.29, 0.717) is 6.54 Å². The molecule has 1 N–H and O–H groups in total. The Kier molecular flexibility index (Phi) is 4.06. The van der Waals surface area contributed by atoms with Gasteiger partial charge in [-0.05, 0) is 23.4 Å². The summed E-state index contributed by atoms with van der Waals surface area (Å²) >= 11 is 2.84. The lowest BCUT2D eigenvalue weighted by Crippen LogP contribution is -2.36. The number of carboxylic acid groups (broad SMARTS) is 1. The molecule has 0 saturated carbocycles. The Hall–Kier alpha value is -1.01. The minimum atomic E-state index is -0.873. The molecule has 92 valence electrons. The normalized spacial score (nSPS) is 14.5. The van der Waals surface area contributed by atoms with E-state index in [1.165, 1.54) is 10.4 Å². The van der Waals surface area contributed by atoms with Crippen LogP contribution < -0.4 is 0 Å². The summed E-state index contributed by atoms with van der Waals surface area (Å²) in [7, 11) is 0. The number of fused-ring (bicyclic) bond motifs is 1. The molecule has 0 atom stereocenters. The summed E-state index contributed by atoms with van der Waals surface area (Å²) in [4.78, 5) is 25.2. The van der Waals surface area contributed by atoms with E-state index in [9.17, 15) is 9.59 Å². The Labute approximate surface area is 108 Å². The second-order valence-electron chi connectivity index (χ2n) is 3.82. The van der Waals surface area contributed by atoms with Crippen molar-refractivity contribution >= 4 is 35.0 Å². The summed E-state index contributed by atoms with van der Waals surface area (Å²) in [6, 6.07) is 2.11. The fourth-order valence-corrected chi connectivity index (χ4v) is 3.35. The van der Waals surface area contributed by atoms with Crippen molar-refractivity contribution in [3.63, 3.8) is 0 Å². The predicted octanol–water partition coefficient (Wildman–Crippen LogP) is 1.45. The highest BCUT2D eigenvalue weighted by atomic mass is 32.2. The zero-order valence-electron chi connectivity index (χ0n) is 9.22. The number of carbonyl (C=O) groups is 2. The SMILES string of the molecule is O=C(O)CSCC(=O)N1CCc2ccsc2C1. The van der Waals surface area contributed by atoms with Gasteiger partial charge in [-0.2, -0.15) is 0 Å². The molecule has 0 bridgehead atoms. The first-order valence-electron chi connectivity index (χ1n) is 5.29. The van der Waals surface area contributed by atoms with E-state index in [2.05, 4.69) is 11.4 Å². The number of rotatable bonds is 4. The maximum Gasteiger partial charge on any atom is 0.313 e.